The molecule has 0 aromatic carbocycles. The van der Waals surface area contributed by atoms with Crippen LogP contribution in [0.5, 0.6) is 0 Å². The maximum atomic E-state index is 3.34. The van der Waals surface area contributed by atoms with Crippen molar-refractivity contribution in [1.82, 2.24) is 15.1 Å². The van der Waals surface area contributed by atoms with Gasteiger partial charge in [-0.05, 0) is 0 Å². The molecule has 2 atom stereocenters. The second-order valence-electron chi connectivity index (χ2n) is 2.62. The minimum atomic E-state index is 0. The highest BCUT2D eigenvalue weighted by Crippen LogP contribution is 2.20. The molecule has 2 aliphatic rings. The van der Waals surface area contributed by atoms with E-state index >= 15 is 0 Å². The number of hydrogen-bond acceptors (Lipinski definition) is 3. The van der Waals surface area contributed by atoms with Crippen LogP contribution in [-0.2, 0) is 0 Å². The molecule has 2 unspecified atom stereocenters. The van der Waals surface area contributed by atoms with Crippen molar-refractivity contribution in [3.05, 3.63) is 0 Å². The minimum Gasteiger partial charge on any atom is -0.291 e. The van der Waals surface area contributed by atoms with Gasteiger partial charge in [0.25, 0.3) is 0 Å². The van der Waals surface area contributed by atoms with Crippen LogP contribution in [0.2, 0.25) is 0 Å². The first-order valence-electron chi connectivity index (χ1n) is 3.31. The van der Waals surface area contributed by atoms with E-state index in [-0.39, 0.29) is 7.43 Å². The Hall–Kier alpha value is 0.310. The molecule has 2 heterocycles. The first kappa shape index (κ1) is 8.41. The third kappa shape index (κ3) is 1.67. The normalized spacial score (nSPS) is 40.8. The van der Waals surface area contributed by atoms with Crippen LogP contribution in [0.4, 0.5) is 0 Å². The van der Waals surface area contributed by atoms with Crippen molar-refractivity contribution in [3.63, 3.8) is 0 Å². The van der Waals surface area contributed by atoms with Crippen molar-refractivity contribution >= 4 is 8.58 Å². The summed E-state index contributed by atoms with van der Waals surface area (Å²) in [7, 11) is 1.13. The molecule has 0 saturated carbocycles. The van der Waals surface area contributed by atoms with Crippen LogP contribution >= 0.6 is 8.58 Å². The van der Waals surface area contributed by atoms with Crippen molar-refractivity contribution < 1.29 is 0 Å². The smallest absolute Gasteiger partial charge is 0.0537 e. The summed E-state index contributed by atoms with van der Waals surface area (Å²) in [5.74, 6) is 0. The van der Waals surface area contributed by atoms with E-state index in [4.69, 9.17) is 0 Å². The lowest BCUT2D eigenvalue weighted by atomic mass is 10.6. The number of rotatable bonds is 0. The molecular formula is C6H16N3P. The Balaban J connectivity index is 0.000000500. The van der Waals surface area contributed by atoms with Gasteiger partial charge in [-0.2, -0.15) is 0 Å². The third-order valence-corrected chi connectivity index (χ3v) is 3.08. The van der Waals surface area contributed by atoms with Gasteiger partial charge >= 0.3 is 0 Å². The Morgan fingerprint density at radius 2 is 1.70 bits per heavy atom. The molecule has 2 bridgehead atoms. The fourth-order valence-electron chi connectivity index (χ4n) is 1.33. The van der Waals surface area contributed by atoms with Crippen molar-refractivity contribution in [1.29, 1.82) is 0 Å². The summed E-state index contributed by atoms with van der Waals surface area (Å²) in [6.07, 6.45) is 2.62. The van der Waals surface area contributed by atoms with Gasteiger partial charge < -0.3 is 0 Å². The number of fused-ring (bicyclic) bond motifs is 2. The van der Waals surface area contributed by atoms with Gasteiger partial charge in [0.15, 0.2) is 0 Å². The largest absolute Gasteiger partial charge is 0.291 e. The Kier molecular flexibility index (Phi) is 3.05. The van der Waals surface area contributed by atoms with Gasteiger partial charge in [-0.15, -0.1) is 0 Å². The summed E-state index contributed by atoms with van der Waals surface area (Å²) >= 11 is 0. The molecular weight excluding hydrogens is 145 g/mol. The maximum absolute atomic E-state index is 3.34. The van der Waals surface area contributed by atoms with Crippen molar-refractivity contribution in [2.45, 2.75) is 7.43 Å². The SMILES string of the molecule is C.C1NCN2CPCN1C2. The zero-order chi connectivity index (χ0) is 6.10. The van der Waals surface area contributed by atoms with E-state index in [0.717, 1.165) is 21.9 Å². The average Bonchev–Trinajstić information content (AvgIpc) is 1.88. The second-order valence-corrected chi connectivity index (χ2v) is 3.75. The molecule has 0 spiro atoms. The van der Waals surface area contributed by atoms with Crippen molar-refractivity contribution in [2.24, 2.45) is 0 Å². The van der Waals surface area contributed by atoms with Gasteiger partial charge in [-0.25, -0.2) is 0 Å². The molecule has 2 fully saturated rings. The van der Waals surface area contributed by atoms with Crippen LogP contribution < -0.4 is 5.32 Å². The maximum Gasteiger partial charge on any atom is 0.0537 e. The summed E-state index contributed by atoms with van der Waals surface area (Å²) in [6, 6.07) is 0. The molecule has 0 amide bonds. The number of hydrogen-bond donors (Lipinski definition) is 1. The van der Waals surface area contributed by atoms with Crippen LogP contribution in [-0.4, -0.2) is 42.4 Å². The first-order valence-corrected chi connectivity index (χ1v) is 4.73. The van der Waals surface area contributed by atoms with Gasteiger partial charge in [-0.1, -0.05) is 16.0 Å². The second kappa shape index (κ2) is 3.63. The molecule has 60 valence electrons. The predicted molar refractivity (Wildman–Crippen MR) is 46.2 cm³/mol. The van der Waals surface area contributed by atoms with Crippen LogP contribution in [0.25, 0.3) is 0 Å². The topological polar surface area (TPSA) is 18.5 Å². The lowest BCUT2D eigenvalue weighted by Crippen LogP contribution is -2.54. The number of nitrogens with one attached hydrogen (secondary N) is 1. The van der Waals surface area contributed by atoms with E-state index in [1.807, 2.05) is 0 Å². The molecule has 2 saturated heterocycles. The van der Waals surface area contributed by atoms with Gasteiger partial charge in [0.1, 0.15) is 0 Å². The van der Waals surface area contributed by atoms with Crippen molar-refractivity contribution in [3.8, 4) is 0 Å². The fourth-order valence-corrected chi connectivity index (χ4v) is 2.48. The van der Waals surface area contributed by atoms with Crippen molar-refractivity contribution in [2.75, 3.05) is 32.6 Å². The molecule has 4 heteroatoms. The molecule has 0 aromatic heterocycles. The average molecular weight is 161 g/mol. The zero-order valence-electron chi connectivity index (χ0n) is 5.43. The van der Waals surface area contributed by atoms with E-state index in [1.54, 1.807) is 0 Å². The quantitative estimate of drug-likeness (QED) is 0.516. The monoisotopic (exact) mass is 161 g/mol. The van der Waals surface area contributed by atoms with Gasteiger partial charge in [0, 0.05) is 12.6 Å². The molecule has 2 aliphatic heterocycles. The Morgan fingerprint density at radius 1 is 1.10 bits per heavy atom. The molecule has 1 N–H and O–H groups in total. The van der Waals surface area contributed by atoms with E-state index in [0.29, 0.717) is 0 Å². The highest BCUT2D eigenvalue weighted by atomic mass is 31.1. The van der Waals surface area contributed by atoms with E-state index in [2.05, 4.69) is 15.1 Å². The summed E-state index contributed by atoms with van der Waals surface area (Å²) < 4.78 is 0. The van der Waals surface area contributed by atoms with E-state index < -0.39 is 0 Å². The molecule has 0 radical (unpaired) electrons. The highest BCUT2D eigenvalue weighted by Gasteiger charge is 2.19. The predicted octanol–water partition coefficient (Wildman–Crippen LogP) is 0.309. The van der Waals surface area contributed by atoms with Gasteiger partial charge in [-0.3, -0.25) is 15.1 Å². The van der Waals surface area contributed by atoms with Crippen LogP contribution in [0, 0.1) is 0 Å². The van der Waals surface area contributed by atoms with E-state index in [9.17, 15) is 0 Å². The molecule has 2 rings (SSSR count). The number of nitrogens with zero attached hydrogens (tertiary/aromatic N) is 2. The Bertz CT molecular complexity index is 89.2. The highest BCUT2D eigenvalue weighted by molar-refractivity contribution is 7.37. The molecule has 3 nitrogen and oxygen atoms in total. The molecule has 0 aromatic rings. The summed E-state index contributed by atoms with van der Waals surface area (Å²) in [5.41, 5.74) is 0. The third-order valence-electron chi connectivity index (χ3n) is 1.74. The van der Waals surface area contributed by atoms with E-state index in [1.165, 1.54) is 19.2 Å². The van der Waals surface area contributed by atoms with Gasteiger partial charge in [0.05, 0.1) is 20.0 Å². The summed E-state index contributed by atoms with van der Waals surface area (Å²) in [6.45, 7) is 3.40. The summed E-state index contributed by atoms with van der Waals surface area (Å²) in [5, 5.41) is 3.34. The zero-order valence-corrected chi connectivity index (χ0v) is 6.43. The van der Waals surface area contributed by atoms with Crippen LogP contribution in [0.3, 0.4) is 0 Å². The van der Waals surface area contributed by atoms with Gasteiger partial charge in [0.2, 0.25) is 0 Å². The standard InChI is InChI=1S/C5H12N3P.CH4/c1-6-2-8-3-7(1)4-9-5-8;/h6,9H,1-5H2;1H4. The summed E-state index contributed by atoms with van der Waals surface area (Å²) in [4.78, 5) is 4.90. The molecule has 0 aliphatic carbocycles. The van der Waals surface area contributed by atoms with Crippen LogP contribution in [0.15, 0.2) is 0 Å². The van der Waals surface area contributed by atoms with Crippen LogP contribution in [0.1, 0.15) is 7.43 Å². The fraction of sp³-hybridized carbons (Fsp3) is 1.00. The lowest BCUT2D eigenvalue weighted by Gasteiger charge is -2.40. The molecule has 10 heavy (non-hydrogen) atoms. The minimum absolute atomic E-state index is 0. The Morgan fingerprint density at radius 3 is 2.20 bits per heavy atom. The first-order chi connectivity index (χ1) is 4.45. The lowest BCUT2D eigenvalue weighted by molar-refractivity contribution is 0.0855. The Labute approximate surface area is 64.5 Å².